The predicted octanol–water partition coefficient (Wildman–Crippen LogP) is 11.0. The lowest BCUT2D eigenvalue weighted by Crippen LogP contribution is -1.95. The fourth-order valence-electron chi connectivity index (χ4n) is 6.53. The van der Waals surface area contributed by atoms with E-state index < -0.39 is 0 Å². The molecule has 1 heteroatoms. The van der Waals surface area contributed by atoms with Crippen molar-refractivity contribution in [3.05, 3.63) is 125 Å². The molecule has 0 fully saturated rings. The maximum absolute atomic E-state index is 2.45. The molecule has 7 rings (SSSR count). The van der Waals surface area contributed by atoms with Gasteiger partial charge in [-0.1, -0.05) is 88.4 Å². The fraction of sp³-hybridized carbons (Fsp3) is 0.231. The topological polar surface area (TPSA) is 4.93 Å². The number of fused-ring (bicyclic) bond motifs is 6. The van der Waals surface area contributed by atoms with Gasteiger partial charge in [-0.25, -0.2) is 0 Å². The Morgan fingerprint density at radius 2 is 1.15 bits per heavy atom. The van der Waals surface area contributed by atoms with Crippen molar-refractivity contribution in [1.82, 2.24) is 4.57 Å². The normalized spacial score (nSPS) is 13.9. The Kier molecular flexibility index (Phi) is 6.12. The van der Waals surface area contributed by atoms with Crippen LogP contribution in [0.5, 0.6) is 0 Å². The highest BCUT2D eigenvalue weighted by molar-refractivity contribution is 6.09. The average Bonchev–Trinajstić information content (AvgIpc) is 3.54. The van der Waals surface area contributed by atoms with E-state index in [1.165, 1.54) is 72.0 Å². The van der Waals surface area contributed by atoms with Crippen LogP contribution >= 0.6 is 0 Å². The van der Waals surface area contributed by atoms with E-state index in [0.29, 0.717) is 11.8 Å². The van der Waals surface area contributed by atoms with E-state index in [1.54, 1.807) is 0 Å². The third-order valence-electron chi connectivity index (χ3n) is 9.43. The summed E-state index contributed by atoms with van der Waals surface area (Å²) in [6, 6.07) is 39.2. The molecule has 0 radical (unpaired) electrons. The lowest BCUT2D eigenvalue weighted by atomic mass is 9.95. The lowest BCUT2D eigenvalue weighted by Gasteiger charge is -2.12. The largest absolute Gasteiger partial charge is 0.309 e. The molecule has 1 aromatic heterocycles. The molecule has 1 aliphatic carbocycles. The Bertz CT molecular complexity index is 1800. The Hall–Kier alpha value is -4.10. The van der Waals surface area contributed by atoms with Crippen LogP contribution in [0.15, 0.2) is 103 Å². The average molecular weight is 520 g/mol. The van der Waals surface area contributed by atoms with Gasteiger partial charge in [-0.05, 0) is 118 Å². The van der Waals surface area contributed by atoms with Gasteiger partial charge in [0.05, 0.1) is 11.0 Å². The van der Waals surface area contributed by atoms with Gasteiger partial charge in [-0.15, -0.1) is 0 Å². The van der Waals surface area contributed by atoms with Crippen molar-refractivity contribution in [2.75, 3.05) is 0 Å². The summed E-state index contributed by atoms with van der Waals surface area (Å²) in [5.41, 5.74) is 14.8. The second kappa shape index (κ2) is 9.82. The number of hydrogen-bond acceptors (Lipinski definition) is 0. The minimum Gasteiger partial charge on any atom is -0.309 e. The first kappa shape index (κ1) is 24.9. The molecule has 40 heavy (non-hydrogen) atoms. The molecular weight excluding hydrogens is 482 g/mol. The molecule has 0 saturated carbocycles. The summed E-state index contributed by atoms with van der Waals surface area (Å²) in [5.74, 6) is 1.11. The molecule has 1 aliphatic rings. The predicted molar refractivity (Wildman–Crippen MR) is 172 cm³/mol. The Morgan fingerprint density at radius 1 is 0.575 bits per heavy atom. The van der Waals surface area contributed by atoms with Crippen molar-refractivity contribution in [3.63, 3.8) is 0 Å². The van der Waals surface area contributed by atoms with Crippen LogP contribution in [0, 0.1) is 0 Å². The van der Waals surface area contributed by atoms with Crippen molar-refractivity contribution >= 4 is 21.8 Å². The molecule has 0 amide bonds. The van der Waals surface area contributed by atoms with Gasteiger partial charge in [-0.2, -0.15) is 0 Å². The highest BCUT2D eigenvalue weighted by Gasteiger charge is 2.19. The number of benzene rings is 5. The lowest BCUT2D eigenvalue weighted by molar-refractivity contribution is 0.734. The second-order valence-electron chi connectivity index (χ2n) is 11.8. The summed E-state index contributed by atoms with van der Waals surface area (Å²) in [7, 11) is 0. The summed E-state index contributed by atoms with van der Waals surface area (Å²) in [6.07, 6.45) is 3.34. The van der Waals surface area contributed by atoms with Gasteiger partial charge < -0.3 is 4.57 Å². The molecule has 0 saturated heterocycles. The van der Waals surface area contributed by atoms with Crippen LogP contribution in [0.25, 0.3) is 49.7 Å². The van der Waals surface area contributed by atoms with Gasteiger partial charge in [0.25, 0.3) is 0 Å². The van der Waals surface area contributed by atoms with Crippen LogP contribution < -0.4 is 0 Å². The number of hydrogen-bond donors (Lipinski definition) is 0. The van der Waals surface area contributed by atoms with Gasteiger partial charge in [0.2, 0.25) is 0 Å². The van der Waals surface area contributed by atoms with Crippen LogP contribution in [0.2, 0.25) is 0 Å². The van der Waals surface area contributed by atoms with E-state index in [4.69, 9.17) is 0 Å². The zero-order chi connectivity index (χ0) is 27.4. The van der Waals surface area contributed by atoms with E-state index in [9.17, 15) is 0 Å². The van der Waals surface area contributed by atoms with Crippen molar-refractivity contribution in [3.8, 4) is 27.9 Å². The summed E-state index contributed by atoms with van der Waals surface area (Å²) in [6.45, 7) is 9.23. The Balaban J connectivity index is 1.34. The van der Waals surface area contributed by atoms with Gasteiger partial charge in [-0.3, -0.25) is 0 Å². The third kappa shape index (κ3) is 3.99. The third-order valence-corrected chi connectivity index (χ3v) is 9.43. The first-order valence-corrected chi connectivity index (χ1v) is 15.0. The van der Waals surface area contributed by atoms with Crippen molar-refractivity contribution < 1.29 is 0 Å². The minimum atomic E-state index is 0.555. The number of rotatable bonds is 6. The summed E-state index contributed by atoms with van der Waals surface area (Å²) in [5, 5.41) is 2.72. The van der Waals surface area contributed by atoms with E-state index in [0.717, 1.165) is 19.3 Å². The molecule has 1 nitrogen and oxygen atoms in total. The van der Waals surface area contributed by atoms with Crippen LogP contribution in [-0.4, -0.2) is 4.57 Å². The van der Waals surface area contributed by atoms with Crippen molar-refractivity contribution in [2.24, 2.45) is 0 Å². The quantitative estimate of drug-likeness (QED) is 0.206. The second-order valence-corrected chi connectivity index (χ2v) is 11.8. The zero-order valence-electron chi connectivity index (χ0n) is 24.0. The van der Waals surface area contributed by atoms with Crippen LogP contribution in [0.3, 0.4) is 0 Å². The molecule has 0 N–H and O–H groups in total. The van der Waals surface area contributed by atoms with E-state index in [-0.39, 0.29) is 0 Å². The van der Waals surface area contributed by atoms with Crippen molar-refractivity contribution in [2.45, 2.75) is 58.8 Å². The highest BCUT2D eigenvalue weighted by atomic mass is 15.0. The maximum atomic E-state index is 2.45. The van der Waals surface area contributed by atoms with E-state index in [1.807, 2.05) is 0 Å². The van der Waals surface area contributed by atoms with E-state index >= 15 is 0 Å². The van der Waals surface area contributed by atoms with Crippen LogP contribution in [0.4, 0.5) is 0 Å². The van der Waals surface area contributed by atoms with Crippen LogP contribution in [-0.2, 0) is 6.42 Å². The smallest absolute Gasteiger partial charge is 0.0541 e. The molecule has 1 heterocycles. The maximum Gasteiger partial charge on any atom is 0.0541 e. The van der Waals surface area contributed by atoms with Gasteiger partial charge in [0, 0.05) is 16.5 Å². The SMILES string of the molecule is CCC(C)c1ccc2c(c1)c1cc(C(C)CC)ccc1n2-c1ccc(-c2ccc3c(c2)-c2ccccc2C3)cc1. The molecule has 0 bridgehead atoms. The highest BCUT2D eigenvalue weighted by Crippen LogP contribution is 2.40. The summed E-state index contributed by atoms with van der Waals surface area (Å²) < 4.78 is 2.45. The molecule has 0 spiro atoms. The molecule has 198 valence electrons. The molecular formula is C39H37N. The van der Waals surface area contributed by atoms with Gasteiger partial charge in [0.15, 0.2) is 0 Å². The molecule has 2 unspecified atom stereocenters. The molecule has 6 aromatic rings. The van der Waals surface area contributed by atoms with Gasteiger partial charge in [0.1, 0.15) is 0 Å². The number of aromatic nitrogens is 1. The Morgan fingerprint density at radius 3 is 1.77 bits per heavy atom. The summed E-state index contributed by atoms with van der Waals surface area (Å²) >= 11 is 0. The molecule has 5 aromatic carbocycles. The van der Waals surface area contributed by atoms with E-state index in [2.05, 4.69) is 135 Å². The first-order valence-electron chi connectivity index (χ1n) is 15.0. The standard InChI is InChI=1S/C39H37N/c1-5-25(3)28-15-19-38-36(22-28)37-23-29(26(4)6-2)16-20-39(37)40(38)33-17-13-27(14-18-33)30-11-12-32-21-31-9-7-8-10-34(31)35(32)24-30/h7-20,22-26H,5-6,21H2,1-4H3. The van der Waals surface area contributed by atoms with Crippen LogP contribution in [0.1, 0.15) is 74.6 Å². The first-order chi connectivity index (χ1) is 19.6. The van der Waals surface area contributed by atoms with Crippen molar-refractivity contribution in [1.29, 1.82) is 0 Å². The summed E-state index contributed by atoms with van der Waals surface area (Å²) in [4.78, 5) is 0. The number of nitrogens with zero attached hydrogens (tertiary/aromatic N) is 1. The molecule has 2 atom stereocenters. The zero-order valence-corrected chi connectivity index (χ0v) is 24.0. The minimum absolute atomic E-state index is 0.555. The fourth-order valence-corrected chi connectivity index (χ4v) is 6.53. The monoisotopic (exact) mass is 519 g/mol. The van der Waals surface area contributed by atoms with Gasteiger partial charge >= 0.3 is 0 Å². The molecule has 0 aliphatic heterocycles. The Labute approximate surface area is 238 Å².